The molecule has 3 rings (SSSR count). The molecule has 0 atom stereocenters. The highest BCUT2D eigenvalue weighted by Gasteiger charge is 2.10. The summed E-state index contributed by atoms with van der Waals surface area (Å²) in [6, 6.07) is 14.3. The molecule has 1 aromatic heterocycles. The van der Waals surface area contributed by atoms with Crippen LogP contribution in [-0.4, -0.2) is 26.8 Å². The minimum absolute atomic E-state index is 0.141. The highest BCUT2D eigenvalue weighted by atomic mass is 16.3. The molecule has 3 aromatic rings. The third-order valence-electron chi connectivity index (χ3n) is 3.47. The van der Waals surface area contributed by atoms with Gasteiger partial charge < -0.3 is 9.67 Å². The van der Waals surface area contributed by atoms with Crippen LogP contribution in [0.15, 0.2) is 53.6 Å². The van der Waals surface area contributed by atoms with E-state index in [0.29, 0.717) is 11.4 Å². The summed E-state index contributed by atoms with van der Waals surface area (Å²) in [6.45, 7) is 0. The molecule has 6 heteroatoms. The third kappa shape index (κ3) is 3.37. The monoisotopic (exact) mass is 308 g/mol. The first-order chi connectivity index (χ1) is 11.1. The molecule has 23 heavy (non-hydrogen) atoms. The summed E-state index contributed by atoms with van der Waals surface area (Å²) in [4.78, 5) is 16.4. The Morgan fingerprint density at radius 2 is 2.13 bits per heavy atom. The van der Waals surface area contributed by atoms with Gasteiger partial charge in [-0.3, -0.25) is 4.79 Å². The first-order valence-electron chi connectivity index (χ1n) is 7.15. The van der Waals surface area contributed by atoms with E-state index in [-0.39, 0.29) is 18.1 Å². The summed E-state index contributed by atoms with van der Waals surface area (Å²) in [5.74, 6) is 0.580. The molecule has 0 saturated carbocycles. The second-order valence-electron chi connectivity index (χ2n) is 5.14. The van der Waals surface area contributed by atoms with Crippen LogP contribution in [0.1, 0.15) is 11.4 Å². The smallest absolute Gasteiger partial charge is 0.247 e. The summed E-state index contributed by atoms with van der Waals surface area (Å²) < 4.78 is 1.90. The van der Waals surface area contributed by atoms with Crippen molar-refractivity contribution in [3.63, 3.8) is 0 Å². The van der Waals surface area contributed by atoms with Gasteiger partial charge in [-0.2, -0.15) is 5.10 Å². The molecule has 116 valence electrons. The number of aromatic nitrogens is 2. The van der Waals surface area contributed by atoms with E-state index in [4.69, 9.17) is 0 Å². The van der Waals surface area contributed by atoms with Crippen LogP contribution >= 0.6 is 0 Å². The van der Waals surface area contributed by atoms with Crippen molar-refractivity contribution in [3.05, 3.63) is 59.9 Å². The van der Waals surface area contributed by atoms with Crippen molar-refractivity contribution in [3.8, 4) is 5.75 Å². The van der Waals surface area contributed by atoms with Gasteiger partial charge in [0.25, 0.3) is 0 Å². The number of phenols is 1. The average molecular weight is 308 g/mol. The van der Waals surface area contributed by atoms with Gasteiger partial charge in [0.2, 0.25) is 5.91 Å². The second-order valence-corrected chi connectivity index (χ2v) is 5.14. The topological polar surface area (TPSA) is 79.5 Å². The number of phenolic OH excluding ortho intramolecular Hbond substituents is 1. The summed E-state index contributed by atoms with van der Waals surface area (Å²) in [5.41, 5.74) is 5.01. The number of hydrogen-bond donors (Lipinski definition) is 2. The Balaban J connectivity index is 1.66. The van der Waals surface area contributed by atoms with E-state index in [9.17, 15) is 9.90 Å². The van der Waals surface area contributed by atoms with Gasteiger partial charge in [0, 0.05) is 7.05 Å². The lowest BCUT2D eigenvalue weighted by molar-refractivity contribution is -0.120. The maximum absolute atomic E-state index is 12.0. The highest BCUT2D eigenvalue weighted by molar-refractivity contribution is 5.84. The Kier molecular flexibility index (Phi) is 4.05. The maximum Gasteiger partial charge on any atom is 0.247 e. The predicted octanol–water partition coefficient (Wildman–Crippen LogP) is 1.97. The maximum atomic E-state index is 12.0. The van der Waals surface area contributed by atoms with Gasteiger partial charge >= 0.3 is 0 Å². The highest BCUT2D eigenvalue weighted by Crippen LogP contribution is 2.14. The van der Waals surface area contributed by atoms with Crippen molar-refractivity contribution in [2.45, 2.75) is 6.42 Å². The number of amides is 1. The molecule has 0 unspecified atom stereocenters. The number of aryl methyl sites for hydroxylation is 1. The molecule has 0 aliphatic heterocycles. The van der Waals surface area contributed by atoms with E-state index in [1.165, 1.54) is 6.21 Å². The van der Waals surface area contributed by atoms with Gasteiger partial charge in [-0.1, -0.05) is 24.3 Å². The largest absolute Gasteiger partial charge is 0.508 e. The molecule has 1 amide bonds. The van der Waals surface area contributed by atoms with E-state index < -0.39 is 0 Å². The van der Waals surface area contributed by atoms with Gasteiger partial charge in [0.1, 0.15) is 11.6 Å². The number of nitrogens with zero attached hydrogens (tertiary/aromatic N) is 3. The SMILES string of the molecule is Cn1c(CC(=O)N/N=C/c2cccc(O)c2)nc2ccccc21. The van der Waals surface area contributed by atoms with Crippen LogP contribution in [0.2, 0.25) is 0 Å². The van der Waals surface area contributed by atoms with Crippen molar-refractivity contribution in [1.82, 2.24) is 15.0 Å². The van der Waals surface area contributed by atoms with Crippen LogP contribution in [0, 0.1) is 0 Å². The summed E-state index contributed by atoms with van der Waals surface area (Å²) in [7, 11) is 1.88. The fraction of sp³-hybridized carbons (Fsp3) is 0.118. The van der Waals surface area contributed by atoms with Gasteiger partial charge in [0.15, 0.2) is 0 Å². The van der Waals surface area contributed by atoms with Gasteiger partial charge in [-0.25, -0.2) is 10.4 Å². The van der Waals surface area contributed by atoms with E-state index in [1.807, 2.05) is 35.9 Å². The van der Waals surface area contributed by atoms with Crippen molar-refractivity contribution in [2.75, 3.05) is 0 Å². The second kappa shape index (κ2) is 6.31. The molecule has 2 N–H and O–H groups in total. The number of carbonyl (C=O) groups is 1. The molecule has 0 aliphatic rings. The molecule has 2 aromatic carbocycles. The summed E-state index contributed by atoms with van der Waals surface area (Å²) in [6.07, 6.45) is 1.62. The molecule has 0 aliphatic carbocycles. The van der Waals surface area contributed by atoms with Crippen LogP contribution in [0.5, 0.6) is 5.75 Å². The Morgan fingerprint density at radius 3 is 2.91 bits per heavy atom. The number of fused-ring (bicyclic) bond motifs is 1. The Morgan fingerprint density at radius 1 is 1.30 bits per heavy atom. The zero-order chi connectivity index (χ0) is 16.2. The molecule has 0 radical (unpaired) electrons. The fourth-order valence-electron chi connectivity index (χ4n) is 2.32. The van der Waals surface area contributed by atoms with Crippen molar-refractivity contribution >= 4 is 23.2 Å². The van der Waals surface area contributed by atoms with Crippen molar-refractivity contribution in [1.29, 1.82) is 0 Å². The minimum atomic E-state index is -0.250. The van der Waals surface area contributed by atoms with Crippen LogP contribution in [0.4, 0.5) is 0 Å². The standard InChI is InChI=1S/C17H16N4O2/c1-21-15-8-3-2-7-14(15)19-16(21)10-17(23)20-18-11-12-5-4-6-13(22)9-12/h2-9,11,22H,10H2,1H3,(H,20,23)/b18-11+. The van der Waals surface area contributed by atoms with Crippen molar-refractivity contribution < 1.29 is 9.90 Å². The molecular weight excluding hydrogens is 292 g/mol. The average Bonchev–Trinajstić information content (AvgIpc) is 2.84. The zero-order valence-electron chi connectivity index (χ0n) is 12.6. The van der Waals surface area contributed by atoms with E-state index in [1.54, 1.807) is 24.3 Å². The van der Waals surface area contributed by atoms with Gasteiger partial charge in [0.05, 0.1) is 23.7 Å². The number of hydrogen-bond acceptors (Lipinski definition) is 4. The van der Waals surface area contributed by atoms with Crippen LogP contribution < -0.4 is 5.43 Å². The lowest BCUT2D eigenvalue weighted by Crippen LogP contribution is -2.21. The summed E-state index contributed by atoms with van der Waals surface area (Å²) in [5, 5.41) is 13.2. The molecule has 0 saturated heterocycles. The van der Waals surface area contributed by atoms with Gasteiger partial charge in [-0.05, 0) is 29.8 Å². The lowest BCUT2D eigenvalue weighted by atomic mass is 10.2. The molecule has 0 bridgehead atoms. The Hall–Kier alpha value is -3.15. The number of imidazole rings is 1. The number of rotatable bonds is 4. The van der Waals surface area contributed by atoms with Gasteiger partial charge in [-0.15, -0.1) is 0 Å². The molecule has 1 heterocycles. The molecule has 0 fully saturated rings. The Bertz CT molecular complexity index is 883. The number of benzene rings is 2. The van der Waals surface area contributed by atoms with Crippen LogP contribution in [0.3, 0.4) is 0 Å². The minimum Gasteiger partial charge on any atom is -0.508 e. The summed E-state index contributed by atoms with van der Waals surface area (Å²) >= 11 is 0. The molecular formula is C17H16N4O2. The first-order valence-corrected chi connectivity index (χ1v) is 7.15. The van der Waals surface area contributed by atoms with E-state index in [2.05, 4.69) is 15.5 Å². The Labute approximate surface area is 133 Å². The lowest BCUT2D eigenvalue weighted by Gasteiger charge is -2.01. The number of nitrogens with one attached hydrogen (secondary N) is 1. The van der Waals surface area contributed by atoms with Crippen LogP contribution in [-0.2, 0) is 18.3 Å². The predicted molar refractivity (Wildman–Crippen MR) is 88.3 cm³/mol. The number of para-hydroxylation sites is 2. The fourth-order valence-corrected chi connectivity index (χ4v) is 2.32. The zero-order valence-corrected chi connectivity index (χ0v) is 12.6. The third-order valence-corrected chi connectivity index (χ3v) is 3.47. The van der Waals surface area contributed by atoms with E-state index >= 15 is 0 Å². The van der Waals surface area contributed by atoms with E-state index in [0.717, 1.165) is 11.0 Å². The van der Waals surface area contributed by atoms with Crippen LogP contribution in [0.25, 0.3) is 11.0 Å². The quantitative estimate of drug-likeness (QED) is 0.571. The number of hydrazone groups is 1. The number of aromatic hydroxyl groups is 1. The first kappa shape index (κ1) is 14.8. The molecule has 0 spiro atoms. The molecule has 6 nitrogen and oxygen atoms in total. The normalized spacial score (nSPS) is 11.2. The van der Waals surface area contributed by atoms with Crippen molar-refractivity contribution in [2.24, 2.45) is 12.1 Å². The number of carbonyl (C=O) groups excluding carboxylic acids is 1.